The summed E-state index contributed by atoms with van der Waals surface area (Å²) in [5.41, 5.74) is 2.56. The van der Waals surface area contributed by atoms with Gasteiger partial charge in [-0.1, -0.05) is 34.8 Å². The van der Waals surface area contributed by atoms with Crippen molar-refractivity contribution < 1.29 is 9.53 Å². The van der Waals surface area contributed by atoms with Gasteiger partial charge in [-0.3, -0.25) is 4.79 Å². The third kappa shape index (κ3) is 2.45. The molecule has 0 fully saturated rings. The number of nitrogens with one attached hydrogen (secondary N) is 1. The molecule has 3 nitrogen and oxygen atoms in total. The van der Waals surface area contributed by atoms with Crippen molar-refractivity contribution in [3.8, 4) is 17.0 Å². The number of fused-ring (bicyclic) bond motifs is 1. The number of aromatic amines is 1. The molecule has 2 aromatic carbocycles. The predicted octanol–water partition coefficient (Wildman–Crippen LogP) is 5.62. The number of hydrogen-bond donors (Lipinski definition) is 1. The maximum atomic E-state index is 11.6. The summed E-state index contributed by atoms with van der Waals surface area (Å²) in [6, 6.07) is 8.62. The van der Waals surface area contributed by atoms with Crippen molar-refractivity contribution in [1.29, 1.82) is 0 Å². The van der Waals surface area contributed by atoms with E-state index < -0.39 is 0 Å². The molecule has 0 atom stereocenters. The lowest BCUT2D eigenvalue weighted by atomic mass is 10.1. The Labute approximate surface area is 141 Å². The Hall–Kier alpha value is -1.68. The van der Waals surface area contributed by atoms with Gasteiger partial charge < -0.3 is 9.72 Å². The largest absolute Gasteiger partial charge is 0.495 e. The van der Waals surface area contributed by atoms with Crippen molar-refractivity contribution in [3.63, 3.8) is 0 Å². The average molecular weight is 355 g/mol. The molecule has 3 rings (SSSR count). The van der Waals surface area contributed by atoms with Crippen LogP contribution in [0.1, 0.15) is 10.4 Å². The molecule has 22 heavy (non-hydrogen) atoms. The summed E-state index contributed by atoms with van der Waals surface area (Å²) in [4.78, 5) is 14.7. The zero-order chi connectivity index (χ0) is 15.9. The van der Waals surface area contributed by atoms with E-state index in [1.54, 1.807) is 31.4 Å². The van der Waals surface area contributed by atoms with Gasteiger partial charge in [0.25, 0.3) is 0 Å². The van der Waals surface area contributed by atoms with Gasteiger partial charge >= 0.3 is 0 Å². The molecule has 3 aromatic rings. The highest BCUT2D eigenvalue weighted by Gasteiger charge is 2.17. The van der Waals surface area contributed by atoms with Crippen LogP contribution in [0.25, 0.3) is 22.2 Å². The second-order valence-electron chi connectivity index (χ2n) is 4.69. The molecule has 0 spiro atoms. The van der Waals surface area contributed by atoms with Crippen molar-refractivity contribution in [2.45, 2.75) is 0 Å². The zero-order valence-corrected chi connectivity index (χ0v) is 13.7. The van der Waals surface area contributed by atoms with Crippen molar-refractivity contribution in [1.82, 2.24) is 4.98 Å². The highest BCUT2D eigenvalue weighted by atomic mass is 35.5. The Morgan fingerprint density at radius 2 is 1.86 bits per heavy atom. The number of halogens is 3. The van der Waals surface area contributed by atoms with Crippen LogP contribution in [0.3, 0.4) is 0 Å². The predicted molar refractivity (Wildman–Crippen MR) is 90.7 cm³/mol. The molecule has 1 N–H and O–H groups in total. The first-order valence-corrected chi connectivity index (χ1v) is 7.48. The molecular formula is C16H10Cl3NO2. The molecule has 0 saturated carbocycles. The van der Waals surface area contributed by atoms with Gasteiger partial charge in [-0.05, 0) is 30.3 Å². The van der Waals surface area contributed by atoms with Crippen LogP contribution in [0.5, 0.6) is 5.75 Å². The van der Waals surface area contributed by atoms with Crippen LogP contribution in [0.4, 0.5) is 0 Å². The summed E-state index contributed by atoms with van der Waals surface area (Å²) >= 11 is 18.4. The standard InChI is InChI=1S/C16H10Cl3NO2/c1-22-14-3-2-8(4-11(14)18)16-10(7-21)15-12(19)5-9(17)6-13(15)20-16/h2-7,20H,1H3. The number of ether oxygens (including phenoxy) is 1. The van der Waals surface area contributed by atoms with Gasteiger partial charge in [0.05, 0.1) is 22.8 Å². The lowest BCUT2D eigenvalue weighted by Crippen LogP contribution is -1.88. The minimum atomic E-state index is 0.423. The Kier molecular flexibility index (Phi) is 4.04. The molecule has 112 valence electrons. The summed E-state index contributed by atoms with van der Waals surface area (Å²) in [7, 11) is 1.54. The zero-order valence-electron chi connectivity index (χ0n) is 11.4. The summed E-state index contributed by atoms with van der Waals surface area (Å²) in [6.45, 7) is 0. The number of H-pyrrole nitrogens is 1. The van der Waals surface area contributed by atoms with Crippen LogP contribution < -0.4 is 4.74 Å². The van der Waals surface area contributed by atoms with Gasteiger partial charge in [-0.15, -0.1) is 0 Å². The summed E-state index contributed by atoms with van der Waals surface area (Å²) in [6.07, 6.45) is 0.770. The smallest absolute Gasteiger partial charge is 0.152 e. The Morgan fingerprint density at radius 3 is 2.50 bits per heavy atom. The van der Waals surface area contributed by atoms with Crippen LogP contribution in [-0.4, -0.2) is 18.4 Å². The lowest BCUT2D eigenvalue weighted by molar-refractivity contribution is 0.112. The molecule has 0 saturated heterocycles. The second-order valence-corrected chi connectivity index (χ2v) is 5.94. The van der Waals surface area contributed by atoms with E-state index in [-0.39, 0.29) is 0 Å². The number of hydrogen-bond acceptors (Lipinski definition) is 2. The van der Waals surface area contributed by atoms with E-state index in [0.29, 0.717) is 43.0 Å². The summed E-state index contributed by atoms with van der Waals surface area (Å²) < 4.78 is 5.14. The molecule has 6 heteroatoms. The fraction of sp³-hybridized carbons (Fsp3) is 0.0625. The van der Waals surface area contributed by atoms with Crippen molar-refractivity contribution in [3.05, 3.63) is 51.0 Å². The number of carbonyl (C=O) groups excluding carboxylic acids is 1. The topological polar surface area (TPSA) is 42.1 Å². The molecule has 1 aromatic heterocycles. The van der Waals surface area contributed by atoms with Crippen LogP contribution >= 0.6 is 34.8 Å². The maximum absolute atomic E-state index is 11.6. The van der Waals surface area contributed by atoms with Gasteiger partial charge in [0, 0.05) is 27.1 Å². The third-order valence-corrected chi connectivity index (χ3v) is 4.22. The minimum absolute atomic E-state index is 0.423. The Morgan fingerprint density at radius 1 is 1.09 bits per heavy atom. The Bertz CT molecular complexity index is 887. The van der Waals surface area contributed by atoms with Crippen molar-refractivity contribution in [2.75, 3.05) is 7.11 Å². The van der Waals surface area contributed by atoms with Crippen LogP contribution in [0.15, 0.2) is 30.3 Å². The number of aldehydes is 1. The molecule has 1 heterocycles. The number of aromatic nitrogens is 1. The van der Waals surface area contributed by atoms with E-state index in [1.165, 1.54) is 0 Å². The first-order valence-electron chi connectivity index (χ1n) is 6.35. The molecular weight excluding hydrogens is 345 g/mol. The van der Waals surface area contributed by atoms with Crippen molar-refractivity contribution in [2.24, 2.45) is 0 Å². The SMILES string of the molecule is COc1ccc(-c2[nH]c3cc(Cl)cc(Cl)c3c2C=O)cc1Cl. The first kappa shape index (κ1) is 15.2. The molecule has 0 amide bonds. The van der Waals surface area contributed by atoms with Crippen LogP contribution in [0.2, 0.25) is 15.1 Å². The molecule has 0 unspecified atom stereocenters. The van der Waals surface area contributed by atoms with Gasteiger partial charge in [0.15, 0.2) is 6.29 Å². The maximum Gasteiger partial charge on any atom is 0.152 e. The average Bonchev–Trinajstić information content (AvgIpc) is 2.85. The van der Waals surface area contributed by atoms with E-state index >= 15 is 0 Å². The number of methoxy groups -OCH3 is 1. The van der Waals surface area contributed by atoms with Crippen LogP contribution in [0, 0.1) is 0 Å². The number of carbonyl (C=O) groups is 1. The first-order chi connectivity index (χ1) is 10.5. The Balaban J connectivity index is 2.29. The highest BCUT2D eigenvalue weighted by molar-refractivity contribution is 6.39. The minimum Gasteiger partial charge on any atom is -0.495 e. The number of benzene rings is 2. The molecule has 0 aliphatic rings. The molecule has 0 bridgehead atoms. The highest BCUT2D eigenvalue weighted by Crippen LogP contribution is 2.37. The molecule has 0 aliphatic carbocycles. The van der Waals surface area contributed by atoms with E-state index in [0.717, 1.165) is 11.8 Å². The fourth-order valence-corrected chi connectivity index (χ4v) is 3.29. The summed E-state index contributed by atoms with van der Waals surface area (Å²) in [5, 5.41) is 2.02. The lowest BCUT2D eigenvalue weighted by Gasteiger charge is -2.05. The van der Waals surface area contributed by atoms with Gasteiger partial charge in [-0.2, -0.15) is 0 Å². The van der Waals surface area contributed by atoms with Gasteiger partial charge in [0.1, 0.15) is 5.75 Å². The van der Waals surface area contributed by atoms with E-state index in [4.69, 9.17) is 39.5 Å². The van der Waals surface area contributed by atoms with Crippen molar-refractivity contribution >= 4 is 52.0 Å². The molecule has 0 radical (unpaired) electrons. The van der Waals surface area contributed by atoms with Crippen LogP contribution in [-0.2, 0) is 0 Å². The van der Waals surface area contributed by atoms with E-state index in [9.17, 15) is 4.79 Å². The summed E-state index contributed by atoms with van der Waals surface area (Å²) in [5.74, 6) is 0.565. The quantitative estimate of drug-likeness (QED) is 0.621. The number of rotatable bonds is 3. The molecule has 0 aliphatic heterocycles. The van der Waals surface area contributed by atoms with Gasteiger partial charge in [-0.25, -0.2) is 0 Å². The monoisotopic (exact) mass is 353 g/mol. The normalized spacial score (nSPS) is 10.9. The fourth-order valence-electron chi connectivity index (χ4n) is 2.44. The van der Waals surface area contributed by atoms with Gasteiger partial charge in [0.2, 0.25) is 0 Å². The third-order valence-electron chi connectivity index (χ3n) is 3.41. The second kappa shape index (κ2) is 5.84. The van der Waals surface area contributed by atoms with E-state index in [2.05, 4.69) is 4.98 Å². The van der Waals surface area contributed by atoms with E-state index in [1.807, 2.05) is 6.07 Å².